The zero-order chi connectivity index (χ0) is 16.8. The van der Waals surface area contributed by atoms with Gasteiger partial charge in [0, 0.05) is 17.8 Å². The number of benzene rings is 2. The van der Waals surface area contributed by atoms with E-state index in [1.807, 2.05) is 6.07 Å². The van der Waals surface area contributed by atoms with Crippen LogP contribution >= 0.6 is 0 Å². The first-order valence-electron chi connectivity index (χ1n) is 6.36. The summed E-state index contributed by atoms with van der Waals surface area (Å²) in [4.78, 5) is 21.8. The maximum absolute atomic E-state index is 13.1. The average Bonchev–Trinajstić information content (AvgIpc) is 2.53. The van der Waals surface area contributed by atoms with Crippen molar-refractivity contribution in [3.63, 3.8) is 0 Å². The maximum Gasteiger partial charge on any atom is 0.311 e. The second-order valence-corrected chi connectivity index (χ2v) is 4.40. The number of nitrogens with zero attached hydrogens (tertiary/aromatic N) is 2. The molecule has 2 rings (SSSR count). The summed E-state index contributed by atoms with van der Waals surface area (Å²) in [6.07, 6.45) is 0. The molecule has 0 unspecified atom stereocenters. The monoisotopic (exact) mass is 315 g/mol. The number of anilines is 1. The van der Waals surface area contributed by atoms with Crippen LogP contribution in [0.4, 0.5) is 15.8 Å². The van der Waals surface area contributed by atoms with Crippen LogP contribution in [0.1, 0.15) is 5.56 Å². The smallest absolute Gasteiger partial charge is 0.311 e. The fourth-order valence-electron chi connectivity index (χ4n) is 1.72. The largest absolute Gasteiger partial charge is 0.477 e. The van der Waals surface area contributed by atoms with E-state index in [1.165, 1.54) is 24.3 Å². The maximum atomic E-state index is 13.1. The summed E-state index contributed by atoms with van der Waals surface area (Å²) < 4.78 is 18.1. The first-order valence-corrected chi connectivity index (χ1v) is 6.36. The molecule has 116 valence electrons. The fraction of sp³-hybridized carbons (Fsp3) is 0.0667. The predicted molar refractivity (Wildman–Crippen MR) is 78.3 cm³/mol. The summed E-state index contributed by atoms with van der Waals surface area (Å²) in [6.45, 7) is -0.524. The predicted octanol–water partition coefficient (Wildman–Crippen LogP) is 2.62. The lowest BCUT2D eigenvalue weighted by Gasteiger charge is -2.08. The van der Waals surface area contributed by atoms with Gasteiger partial charge in [-0.2, -0.15) is 5.26 Å². The first kappa shape index (κ1) is 15.9. The van der Waals surface area contributed by atoms with E-state index in [4.69, 9.17) is 10.00 Å². The number of carbonyl (C=O) groups is 1. The molecule has 7 nitrogen and oxygen atoms in total. The van der Waals surface area contributed by atoms with Crippen molar-refractivity contribution in [1.29, 1.82) is 5.26 Å². The molecule has 0 saturated carbocycles. The number of hydrogen-bond acceptors (Lipinski definition) is 5. The summed E-state index contributed by atoms with van der Waals surface area (Å²) in [5.41, 5.74) is 0.443. The van der Waals surface area contributed by atoms with E-state index in [9.17, 15) is 19.3 Å². The third-order valence-electron chi connectivity index (χ3n) is 2.78. The Balaban J connectivity index is 2.00. The second-order valence-electron chi connectivity index (χ2n) is 4.40. The standard InChI is InChI=1S/C15H10FN3O4/c16-11-3-6-13(19(21)22)14(7-11)23-9-15(20)18-12-4-1-10(8-17)2-5-12/h1-7H,9H2,(H,18,20). The minimum atomic E-state index is -0.729. The van der Waals surface area contributed by atoms with E-state index in [-0.39, 0.29) is 5.75 Å². The summed E-state index contributed by atoms with van der Waals surface area (Å²) in [7, 11) is 0. The van der Waals surface area contributed by atoms with Crippen molar-refractivity contribution in [3.05, 3.63) is 64.0 Å². The molecule has 0 heterocycles. The van der Waals surface area contributed by atoms with E-state index < -0.39 is 28.9 Å². The highest BCUT2D eigenvalue weighted by molar-refractivity contribution is 5.91. The van der Waals surface area contributed by atoms with Crippen LogP contribution in [0.2, 0.25) is 0 Å². The van der Waals surface area contributed by atoms with E-state index >= 15 is 0 Å². The molecule has 0 aliphatic rings. The van der Waals surface area contributed by atoms with Crippen LogP contribution in [-0.4, -0.2) is 17.4 Å². The molecular weight excluding hydrogens is 305 g/mol. The Hall–Kier alpha value is -3.47. The van der Waals surface area contributed by atoms with Gasteiger partial charge in [-0.1, -0.05) is 0 Å². The Bertz CT molecular complexity index is 784. The molecular formula is C15H10FN3O4. The van der Waals surface area contributed by atoms with Crippen molar-refractivity contribution in [2.45, 2.75) is 0 Å². The number of halogens is 1. The lowest BCUT2D eigenvalue weighted by atomic mass is 10.2. The van der Waals surface area contributed by atoms with E-state index in [1.54, 1.807) is 0 Å². The van der Waals surface area contributed by atoms with E-state index in [0.29, 0.717) is 11.3 Å². The van der Waals surface area contributed by atoms with Gasteiger partial charge in [0.05, 0.1) is 16.6 Å². The summed E-state index contributed by atoms with van der Waals surface area (Å²) in [5.74, 6) is -1.61. The molecule has 0 spiro atoms. The van der Waals surface area contributed by atoms with Crippen LogP contribution < -0.4 is 10.1 Å². The summed E-state index contributed by atoms with van der Waals surface area (Å²) in [6, 6.07) is 10.8. The van der Waals surface area contributed by atoms with Gasteiger partial charge in [-0.05, 0) is 30.3 Å². The van der Waals surface area contributed by atoms with Crippen molar-refractivity contribution in [2.24, 2.45) is 0 Å². The number of hydrogen-bond donors (Lipinski definition) is 1. The third kappa shape index (κ3) is 4.25. The summed E-state index contributed by atoms with van der Waals surface area (Å²) >= 11 is 0. The van der Waals surface area contributed by atoms with Gasteiger partial charge in [-0.15, -0.1) is 0 Å². The number of carbonyl (C=O) groups excluding carboxylic acids is 1. The molecule has 2 aromatic rings. The molecule has 0 fully saturated rings. The van der Waals surface area contributed by atoms with Crippen molar-refractivity contribution >= 4 is 17.3 Å². The van der Waals surface area contributed by atoms with Crippen LogP contribution in [0.3, 0.4) is 0 Å². The van der Waals surface area contributed by atoms with Gasteiger partial charge >= 0.3 is 5.69 Å². The molecule has 1 N–H and O–H groups in total. The van der Waals surface area contributed by atoms with Crippen LogP contribution in [0.15, 0.2) is 42.5 Å². The zero-order valence-corrected chi connectivity index (χ0v) is 11.7. The highest BCUT2D eigenvalue weighted by Crippen LogP contribution is 2.27. The van der Waals surface area contributed by atoms with E-state index in [2.05, 4.69) is 5.32 Å². The van der Waals surface area contributed by atoms with Gasteiger partial charge in [0.1, 0.15) is 5.82 Å². The number of amides is 1. The summed E-state index contributed by atoms with van der Waals surface area (Å²) in [5, 5.41) is 22.0. The molecule has 0 atom stereocenters. The first-order chi connectivity index (χ1) is 11.0. The Labute approximate surface area is 130 Å². The Kier molecular flexibility index (Phi) is 4.84. The third-order valence-corrected chi connectivity index (χ3v) is 2.78. The number of nitriles is 1. The number of ether oxygens (including phenoxy) is 1. The number of rotatable bonds is 5. The molecule has 0 aliphatic carbocycles. The average molecular weight is 315 g/mol. The van der Waals surface area contributed by atoms with Gasteiger partial charge in [0.15, 0.2) is 6.61 Å². The Morgan fingerprint density at radius 1 is 1.30 bits per heavy atom. The van der Waals surface area contributed by atoms with Gasteiger partial charge < -0.3 is 10.1 Å². The molecule has 0 saturated heterocycles. The van der Waals surface area contributed by atoms with Crippen molar-refractivity contribution in [2.75, 3.05) is 11.9 Å². The molecule has 23 heavy (non-hydrogen) atoms. The van der Waals surface area contributed by atoms with E-state index in [0.717, 1.165) is 18.2 Å². The topological polar surface area (TPSA) is 105 Å². The molecule has 8 heteroatoms. The second kappa shape index (κ2) is 7.00. The van der Waals surface area contributed by atoms with Gasteiger partial charge in [-0.3, -0.25) is 14.9 Å². The Morgan fingerprint density at radius 3 is 2.61 bits per heavy atom. The van der Waals surface area contributed by atoms with Crippen molar-refractivity contribution < 1.29 is 18.8 Å². The normalized spacial score (nSPS) is 9.74. The minimum absolute atomic E-state index is 0.329. The number of nitrogens with one attached hydrogen (secondary N) is 1. The Morgan fingerprint density at radius 2 is 2.00 bits per heavy atom. The number of nitro benzene ring substituents is 1. The highest BCUT2D eigenvalue weighted by atomic mass is 19.1. The van der Waals surface area contributed by atoms with Crippen molar-refractivity contribution in [3.8, 4) is 11.8 Å². The van der Waals surface area contributed by atoms with Gasteiger partial charge in [0.2, 0.25) is 5.75 Å². The molecule has 2 aromatic carbocycles. The van der Waals surface area contributed by atoms with Gasteiger partial charge in [0.25, 0.3) is 5.91 Å². The quantitative estimate of drug-likeness (QED) is 0.674. The zero-order valence-electron chi connectivity index (χ0n) is 11.7. The minimum Gasteiger partial charge on any atom is -0.477 e. The van der Waals surface area contributed by atoms with Crippen molar-refractivity contribution in [1.82, 2.24) is 0 Å². The lowest BCUT2D eigenvalue weighted by Crippen LogP contribution is -2.20. The highest BCUT2D eigenvalue weighted by Gasteiger charge is 2.17. The molecule has 0 bridgehead atoms. The molecule has 1 amide bonds. The SMILES string of the molecule is N#Cc1ccc(NC(=O)COc2cc(F)ccc2[N+](=O)[O-])cc1. The fourth-order valence-corrected chi connectivity index (χ4v) is 1.72. The van der Waals surface area contributed by atoms with Crippen LogP contribution in [0.5, 0.6) is 5.75 Å². The molecule has 0 aliphatic heterocycles. The molecule has 0 radical (unpaired) electrons. The van der Waals surface area contributed by atoms with Gasteiger partial charge in [-0.25, -0.2) is 4.39 Å². The van der Waals surface area contributed by atoms with Crippen LogP contribution in [0, 0.1) is 27.3 Å². The number of nitro groups is 1. The lowest BCUT2D eigenvalue weighted by molar-refractivity contribution is -0.385. The van der Waals surface area contributed by atoms with Crippen LogP contribution in [-0.2, 0) is 4.79 Å². The molecule has 0 aromatic heterocycles. The van der Waals surface area contributed by atoms with Crippen LogP contribution in [0.25, 0.3) is 0 Å².